The third kappa shape index (κ3) is 1.61. The summed E-state index contributed by atoms with van der Waals surface area (Å²) in [6, 6.07) is 0.163. The van der Waals surface area contributed by atoms with Crippen LogP contribution in [0.1, 0.15) is 25.7 Å². The lowest BCUT2D eigenvalue weighted by Gasteiger charge is -2.26. The number of rotatable bonds is 2. The largest absolute Gasteiger partial charge is 0.480 e. The van der Waals surface area contributed by atoms with Crippen molar-refractivity contribution in [3.8, 4) is 0 Å². The van der Waals surface area contributed by atoms with Gasteiger partial charge in [-0.3, -0.25) is 9.69 Å². The van der Waals surface area contributed by atoms with Gasteiger partial charge in [-0.1, -0.05) is 12.2 Å². The Labute approximate surface area is 78.0 Å². The van der Waals surface area contributed by atoms with E-state index in [2.05, 4.69) is 17.1 Å². The van der Waals surface area contributed by atoms with Crippen LogP contribution in [0.5, 0.6) is 0 Å². The van der Waals surface area contributed by atoms with Crippen molar-refractivity contribution < 1.29 is 9.90 Å². The monoisotopic (exact) mass is 181 g/mol. The maximum absolute atomic E-state index is 10.9. The van der Waals surface area contributed by atoms with Crippen molar-refractivity contribution in [3.05, 3.63) is 12.2 Å². The molecule has 0 radical (unpaired) electrons. The highest BCUT2D eigenvalue weighted by molar-refractivity contribution is 5.73. The third-order valence-corrected chi connectivity index (χ3v) is 2.99. The fourth-order valence-corrected chi connectivity index (χ4v) is 2.34. The Hall–Kier alpha value is -0.830. The number of carbonyl (C=O) groups is 1. The van der Waals surface area contributed by atoms with E-state index in [0.29, 0.717) is 6.04 Å². The number of hydrogen-bond donors (Lipinski definition) is 1. The second kappa shape index (κ2) is 3.50. The van der Waals surface area contributed by atoms with E-state index in [1.807, 2.05) is 0 Å². The zero-order valence-corrected chi connectivity index (χ0v) is 7.65. The number of hydrogen-bond acceptors (Lipinski definition) is 2. The number of nitrogens with zero attached hydrogens (tertiary/aromatic N) is 1. The van der Waals surface area contributed by atoms with Gasteiger partial charge < -0.3 is 5.11 Å². The van der Waals surface area contributed by atoms with Crippen LogP contribution in [0.25, 0.3) is 0 Å². The molecule has 1 saturated heterocycles. The third-order valence-electron chi connectivity index (χ3n) is 2.99. The first kappa shape index (κ1) is 8.75. The molecule has 2 rings (SSSR count). The molecular formula is C10H15NO2. The molecule has 1 aliphatic carbocycles. The molecule has 1 fully saturated rings. The first-order chi connectivity index (χ1) is 6.29. The maximum atomic E-state index is 10.9. The molecule has 0 aromatic carbocycles. The average Bonchev–Trinajstić information content (AvgIpc) is 2.74. The van der Waals surface area contributed by atoms with Gasteiger partial charge in [-0.25, -0.2) is 0 Å². The molecule has 1 N–H and O–H groups in total. The van der Waals surface area contributed by atoms with Gasteiger partial charge >= 0.3 is 5.97 Å². The van der Waals surface area contributed by atoms with Gasteiger partial charge in [0.15, 0.2) is 0 Å². The molecule has 0 unspecified atom stereocenters. The summed E-state index contributed by atoms with van der Waals surface area (Å²) < 4.78 is 0. The molecule has 13 heavy (non-hydrogen) atoms. The van der Waals surface area contributed by atoms with Crippen molar-refractivity contribution in [1.29, 1.82) is 0 Å². The summed E-state index contributed by atoms with van der Waals surface area (Å²) in [6.07, 6.45) is 8.36. The molecule has 1 aliphatic heterocycles. The second-order valence-electron chi connectivity index (χ2n) is 3.81. The number of carboxylic acids is 1. The quantitative estimate of drug-likeness (QED) is 0.652. The van der Waals surface area contributed by atoms with Crippen LogP contribution < -0.4 is 0 Å². The lowest BCUT2D eigenvalue weighted by Crippen LogP contribution is -2.41. The minimum Gasteiger partial charge on any atom is -0.480 e. The second-order valence-corrected chi connectivity index (χ2v) is 3.81. The highest BCUT2D eigenvalue weighted by Gasteiger charge is 2.34. The molecule has 0 aromatic heterocycles. The summed E-state index contributed by atoms with van der Waals surface area (Å²) in [5.41, 5.74) is 0. The molecule has 0 spiro atoms. The van der Waals surface area contributed by atoms with Gasteiger partial charge in [0.1, 0.15) is 6.04 Å². The zero-order valence-electron chi connectivity index (χ0n) is 7.65. The molecule has 0 bridgehead atoms. The summed E-state index contributed by atoms with van der Waals surface area (Å²) in [7, 11) is 0. The van der Waals surface area contributed by atoms with Crippen molar-refractivity contribution in [1.82, 2.24) is 4.90 Å². The standard InChI is InChI=1S/C10H15NO2/c12-10(13)9-6-3-7-11(9)8-4-1-2-5-8/h1,4,8-9H,2-3,5-7H2,(H,12,13)/t8-,9-/m0/s1. The van der Waals surface area contributed by atoms with E-state index >= 15 is 0 Å². The predicted molar refractivity (Wildman–Crippen MR) is 49.5 cm³/mol. The van der Waals surface area contributed by atoms with E-state index in [4.69, 9.17) is 5.11 Å². The normalized spacial score (nSPS) is 34.2. The fourth-order valence-electron chi connectivity index (χ4n) is 2.34. The van der Waals surface area contributed by atoms with Crippen LogP contribution in [0.3, 0.4) is 0 Å². The van der Waals surface area contributed by atoms with Gasteiger partial charge in [0.25, 0.3) is 0 Å². The highest BCUT2D eigenvalue weighted by Crippen LogP contribution is 2.25. The van der Waals surface area contributed by atoms with Gasteiger partial charge in [-0.2, -0.15) is 0 Å². The van der Waals surface area contributed by atoms with Crippen LogP contribution in [0.2, 0.25) is 0 Å². The molecule has 3 nitrogen and oxygen atoms in total. The summed E-state index contributed by atoms with van der Waals surface area (Å²) in [5.74, 6) is -0.655. The van der Waals surface area contributed by atoms with Crippen LogP contribution in [-0.2, 0) is 4.79 Å². The summed E-state index contributed by atoms with van der Waals surface area (Å²) in [4.78, 5) is 13.0. The van der Waals surface area contributed by atoms with E-state index in [1.165, 1.54) is 0 Å². The average molecular weight is 181 g/mol. The highest BCUT2D eigenvalue weighted by atomic mass is 16.4. The zero-order chi connectivity index (χ0) is 9.26. The Bertz CT molecular complexity index is 237. The molecule has 0 amide bonds. The van der Waals surface area contributed by atoms with Gasteiger partial charge in [-0.05, 0) is 32.2 Å². The Kier molecular flexibility index (Phi) is 2.36. The summed E-state index contributed by atoms with van der Waals surface area (Å²) >= 11 is 0. The number of allylic oxidation sites excluding steroid dienone is 1. The molecule has 72 valence electrons. The Morgan fingerprint density at radius 2 is 2.31 bits per heavy atom. The van der Waals surface area contributed by atoms with Crippen molar-refractivity contribution in [2.24, 2.45) is 0 Å². The summed E-state index contributed by atoms with van der Waals surface area (Å²) in [6.45, 7) is 0.950. The number of carboxylic acid groups (broad SMARTS) is 1. The predicted octanol–water partition coefficient (Wildman–Crippen LogP) is 1.25. The summed E-state index contributed by atoms with van der Waals surface area (Å²) in [5, 5.41) is 8.98. The molecule has 1 heterocycles. The Balaban J connectivity index is 2.04. The van der Waals surface area contributed by atoms with Crippen LogP contribution >= 0.6 is 0 Å². The van der Waals surface area contributed by atoms with Gasteiger partial charge in [0, 0.05) is 6.04 Å². The molecule has 2 atom stereocenters. The van der Waals surface area contributed by atoms with Gasteiger partial charge in [0.2, 0.25) is 0 Å². The Morgan fingerprint density at radius 1 is 1.46 bits per heavy atom. The Morgan fingerprint density at radius 3 is 2.92 bits per heavy atom. The minimum atomic E-state index is -0.655. The first-order valence-electron chi connectivity index (χ1n) is 4.94. The SMILES string of the molecule is O=C(O)[C@@H]1CCCN1[C@H]1C=CCC1. The van der Waals surface area contributed by atoms with E-state index in [9.17, 15) is 4.79 Å². The van der Waals surface area contributed by atoms with Crippen molar-refractivity contribution in [2.45, 2.75) is 37.8 Å². The van der Waals surface area contributed by atoms with E-state index < -0.39 is 5.97 Å². The lowest BCUT2D eigenvalue weighted by atomic mass is 10.2. The van der Waals surface area contributed by atoms with E-state index in [1.54, 1.807) is 0 Å². The van der Waals surface area contributed by atoms with Gasteiger partial charge in [-0.15, -0.1) is 0 Å². The lowest BCUT2D eigenvalue weighted by molar-refractivity contribution is -0.142. The molecule has 3 heteroatoms. The van der Waals surface area contributed by atoms with Crippen LogP contribution in [-0.4, -0.2) is 34.6 Å². The molecular weight excluding hydrogens is 166 g/mol. The fraction of sp³-hybridized carbons (Fsp3) is 0.700. The van der Waals surface area contributed by atoms with Crippen molar-refractivity contribution in [3.63, 3.8) is 0 Å². The van der Waals surface area contributed by atoms with Crippen LogP contribution in [0, 0.1) is 0 Å². The molecule has 0 saturated carbocycles. The van der Waals surface area contributed by atoms with Crippen molar-refractivity contribution >= 4 is 5.97 Å². The minimum absolute atomic E-state index is 0.229. The molecule has 0 aromatic rings. The number of aliphatic carboxylic acids is 1. The maximum Gasteiger partial charge on any atom is 0.320 e. The van der Waals surface area contributed by atoms with Gasteiger partial charge in [0.05, 0.1) is 0 Å². The topological polar surface area (TPSA) is 40.5 Å². The smallest absolute Gasteiger partial charge is 0.320 e. The van der Waals surface area contributed by atoms with Crippen LogP contribution in [0.15, 0.2) is 12.2 Å². The van der Waals surface area contributed by atoms with E-state index in [0.717, 1.165) is 32.2 Å². The molecule has 2 aliphatic rings. The van der Waals surface area contributed by atoms with Crippen molar-refractivity contribution in [2.75, 3.05) is 6.54 Å². The number of likely N-dealkylation sites (tertiary alicyclic amines) is 1. The van der Waals surface area contributed by atoms with E-state index in [-0.39, 0.29) is 6.04 Å². The van der Waals surface area contributed by atoms with Crippen LogP contribution in [0.4, 0.5) is 0 Å². The first-order valence-corrected chi connectivity index (χ1v) is 4.94.